The van der Waals surface area contributed by atoms with Gasteiger partial charge in [-0.25, -0.2) is 0 Å². The van der Waals surface area contributed by atoms with E-state index in [1.807, 2.05) is 30.3 Å². The number of non-ortho nitro benzene ring substituents is 1. The largest absolute Gasteiger partial charge is 0.619 e. The highest BCUT2D eigenvalue weighted by molar-refractivity contribution is 6.08. The van der Waals surface area contributed by atoms with Crippen molar-refractivity contribution in [3.63, 3.8) is 0 Å². The summed E-state index contributed by atoms with van der Waals surface area (Å²) in [4.78, 5) is 10.7. The number of hydrogen-bond acceptors (Lipinski definition) is 3. The van der Waals surface area contributed by atoms with Gasteiger partial charge >= 0.3 is 0 Å². The lowest BCUT2D eigenvalue weighted by molar-refractivity contribution is -0.603. The van der Waals surface area contributed by atoms with Gasteiger partial charge in [0.2, 0.25) is 0 Å². The second-order valence-electron chi connectivity index (χ2n) is 5.63. The van der Waals surface area contributed by atoms with Gasteiger partial charge in [0, 0.05) is 30.1 Å². The Morgan fingerprint density at radius 3 is 2.50 bits per heavy atom. The average Bonchev–Trinajstić information content (AvgIpc) is 2.88. The maximum absolute atomic E-state index is 11.7. The number of pyridine rings is 1. The van der Waals surface area contributed by atoms with Gasteiger partial charge in [-0.15, -0.1) is 0 Å². The predicted molar refractivity (Wildman–Crippen MR) is 90.6 cm³/mol. The molecule has 0 saturated heterocycles. The highest BCUT2D eigenvalue weighted by Crippen LogP contribution is 2.31. The third-order valence-electron chi connectivity index (χ3n) is 4.16. The molecule has 0 N–H and O–H groups in total. The Labute approximate surface area is 136 Å². The molecule has 0 radical (unpaired) electrons. The van der Waals surface area contributed by atoms with Gasteiger partial charge in [0.15, 0.2) is 12.4 Å². The molecule has 118 valence electrons. The summed E-state index contributed by atoms with van der Waals surface area (Å²) in [7, 11) is 0. The topological polar surface area (TPSA) is 75.0 Å². The molecule has 6 heteroatoms. The van der Waals surface area contributed by atoms with Crippen molar-refractivity contribution in [3.8, 4) is 0 Å². The molecule has 0 saturated carbocycles. The zero-order chi connectivity index (χ0) is 16.7. The van der Waals surface area contributed by atoms with Crippen molar-refractivity contribution in [1.82, 2.24) is 4.57 Å². The summed E-state index contributed by atoms with van der Waals surface area (Å²) >= 11 is 0. The summed E-state index contributed by atoms with van der Waals surface area (Å²) in [6.45, 7) is 0.627. The summed E-state index contributed by atoms with van der Waals surface area (Å²) in [5, 5.41) is 24.2. The van der Waals surface area contributed by atoms with Crippen LogP contribution in [-0.4, -0.2) is 9.49 Å². The summed E-state index contributed by atoms with van der Waals surface area (Å²) in [5.74, 6) is 0. The highest BCUT2D eigenvalue weighted by Gasteiger charge is 2.16. The second-order valence-corrected chi connectivity index (χ2v) is 5.63. The number of nitro benzene ring substituents is 1. The number of hydrogen-bond donors (Lipinski definition) is 0. The minimum Gasteiger partial charge on any atom is -0.619 e. The fourth-order valence-electron chi connectivity index (χ4n) is 3.07. The first-order chi connectivity index (χ1) is 11.6. The third-order valence-corrected chi connectivity index (χ3v) is 4.16. The predicted octanol–water partition coefficient (Wildman–Crippen LogP) is 3.38. The maximum Gasteiger partial charge on any atom is 0.270 e. The molecule has 0 bridgehead atoms. The van der Waals surface area contributed by atoms with Crippen molar-refractivity contribution < 1.29 is 9.65 Å². The number of benzene rings is 2. The van der Waals surface area contributed by atoms with E-state index >= 15 is 0 Å². The second kappa shape index (κ2) is 5.34. The lowest BCUT2D eigenvalue weighted by Gasteiger charge is -2.07. The summed E-state index contributed by atoms with van der Waals surface area (Å²) in [5.41, 5.74) is 2.88. The number of fused-ring (bicyclic) bond motifs is 3. The van der Waals surface area contributed by atoms with Gasteiger partial charge in [0.05, 0.1) is 21.3 Å². The van der Waals surface area contributed by atoms with Crippen LogP contribution in [0.3, 0.4) is 0 Å². The lowest BCUT2D eigenvalue weighted by Crippen LogP contribution is -2.23. The summed E-state index contributed by atoms with van der Waals surface area (Å²) in [6.07, 6.45) is 2.90. The molecule has 0 aliphatic rings. The minimum atomic E-state index is -0.423. The molecular weight excluding hydrogens is 306 g/mol. The molecule has 0 atom stereocenters. The van der Waals surface area contributed by atoms with Crippen LogP contribution in [0.25, 0.3) is 21.8 Å². The van der Waals surface area contributed by atoms with E-state index in [4.69, 9.17) is 0 Å². The van der Waals surface area contributed by atoms with Gasteiger partial charge < -0.3 is 9.77 Å². The van der Waals surface area contributed by atoms with E-state index in [9.17, 15) is 15.3 Å². The van der Waals surface area contributed by atoms with E-state index in [-0.39, 0.29) is 5.69 Å². The van der Waals surface area contributed by atoms with Crippen molar-refractivity contribution in [2.24, 2.45) is 0 Å². The Bertz CT molecular complexity index is 1070. The van der Waals surface area contributed by atoms with E-state index in [1.165, 1.54) is 24.5 Å². The summed E-state index contributed by atoms with van der Waals surface area (Å²) < 4.78 is 2.79. The van der Waals surface area contributed by atoms with Crippen LogP contribution >= 0.6 is 0 Å². The highest BCUT2D eigenvalue weighted by atomic mass is 16.6. The van der Waals surface area contributed by atoms with Crippen molar-refractivity contribution in [3.05, 3.63) is 87.9 Å². The molecule has 0 aliphatic heterocycles. The third kappa shape index (κ3) is 2.25. The Morgan fingerprint density at radius 1 is 1.00 bits per heavy atom. The van der Waals surface area contributed by atoms with Gasteiger partial charge in [-0.3, -0.25) is 10.1 Å². The van der Waals surface area contributed by atoms with Crippen molar-refractivity contribution in [1.29, 1.82) is 0 Å². The van der Waals surface area contributed by atoms with Crippen molar-refractivity contribution >= 4 is 27.5 Å². The van der Waals surface area contributed by atoms with Crippen LogP contribution < -0.4 is 4.73 Å². The first kappa shape index (κ1) is 14.2. The number of rotatable bonds is 3. The fourth-order valence-corrected chi connectivity index (χ4v) is 3.07. The molecule has 0 spiro atoms. The molecule has 2 aromatic carbocycles. The quantitative estimate of drug-likeness (QED) is 0.251. The Hall–Kier alpha value is -3.41. The van der Waals surface area contributed by atoms with E-state index < -0.39 is 4.92 Å². The van der Waals surface area contributed by atoms with Gasteiger partial charge in [0.25, 0.3) is 5.69 Å². The van der Waals surface area contributed by atoms with Crippen LogP contribution in [0.5, 0.6) is 0 Å². The van der Waals surface area contributed by atoms with Gasteiger partial charge in [-0.05, 0) is 11.6 Å². The van der Waals surface area contributed by atoms with E-state index in [1.54, 1.807) is 12.1 Å². The van der Waals surface area contributed by atoms with Gasteiger partial charge in [-0.2, -0.15) is 4.73 Å². The molecule has 2 aromatic heterocycles. The van der Waals surface area contributed by atoms with E-state index in [2.05, 4.69) is 4.57 Å². The van der Waals surface area contributed by atoms with Crippen molar-refractivity contribution in [2.45, 2.75) is 6.54 Å². The Kier molecular flexibility index (Phi) is 3.16. The number of aromatic nitrogens is 2. The zero-order valence-corrected chi connectivity index (χ0v) is 12.6. The van der Waals surface area contributed by atoms with Crippen molar-refractivity contribution in [2.75, 3.05) is 0 Å². The molecular formula is C18H13N3O3. The molecule has 4 aromatic rings. The number of nitro groups is 1. The van der Waals surface area contributed by atoms with Gasteiger partial charge in [0.1, 0.15) is 0 Å². The first-order valence-corrected chi connectivity index (χ1v) is 7.46. The Morgan fingerprint density at radius 2 is 1.75 bits per heavy atom. The van der Waals surface area contributed by atoms with E-state index in [0.29, 0.717) is 22.0 Å². The van der Waals surface area contributed by atoms with Crippen LogP contribution in [0.15, 0.2) is 67.0 Å². The smallest absolute Gasteiger partial charge is 0.270 e. The van der Waals surface area contributed by atoms with Crippen LogP contribution in [0.4, 0.5) is 5.69 Å². The Balaban J connectivity index is 2.01. The summed E-state index contributed by atoms with van der Waals surface area (Å²) in [6, 6.07) is 16.5. The first-order valence-electron chi connectivity index (χ1n) is 7.46. The number of nitrogens with zero attached hydrogens (tertiary/aromatic N) is 3. The average molecular weight is 319 g/mol. The fraction of sp³-hybridized carbons (Fsp3) is 0.0556. The molecule has 0 fully saturated rings. The SMILES string of the molecule is O=[N+]([O-])c1ccc2c(c1)c1c[n+]([O-])ccc1n2Cc1ccccc1. The molecule has 6 nitrogen and oxygen atoms in total. The maximum atomic E-state index is 11.7. The molecule has 0 unspecified atom stereocenters. The van der Waals surface area contributed by atoms with Crippen LogP contribution in [0.2, 0.25) is 0 Å². The zero-order valence-electron chi connectivity index (χ0n) is 12.6. The van der Waals surface area contributed by atoms with Crippen LogP contribution in [0.1, 0.15) is 5.56 Å². The normalized spacial score (nSPS) is 11.2. The molecule has 0 amide bonds. The van der Waals surface area contributed by atoms with Crippen LogP contribution in [0, 0.1) is 15.3 Å². The molecule has 0 aliphatic carbocycles. The standard InChI is InChI=1S/C18H13N3O3/c22-19-9-8-18-16(12-19)15-10-14(21(23)24)6-7-17(15)20(18)11-13-4-2-1-3-5-13/h1-10,12H,11H2. The lowest BCUT2D eigenvalue weighted by atomic mass is 10.2. The minimum absolute atomic E-state index is 0.0163. The van der Waals surface area contributed by atoms with Crippen LogP contribution in [-0.2, 0) is 6.54 Å². The van der Waals surface area contributed by atoms with E-state index in [0.717, 1.165) is 16.6 Å². The molecule has 2 heterocycles. The molecule has 4 rings (SSSR count). The van der Waals surface area contributed by atoms with Gasteiger partial charge in [-0.1, -0.05) is 30.3 Å². The monoisotopic (exact) mass is 319 g/mol. The molecule has 24 heavy (non-hydrogen) atoms.